The minimum absolute atomic E-state index is 0.0167. The summed E-state index contributed by atoms with van der Waals surface area (Å²) in [7, 11) is -1.23. The SMILES string of the molecule is C[C@@H]1[C@@H]([Si](C)(C)O)[C@H](CC(=O)N(CCO)Cc2ccccc2)O[C@@]12C(=O)N(C)c1ccc(N3CCCCC3=O)cc12. The fourth-order valence-electron chi connectivity index (χ4n) is 7.14. The summed E-state index contributed by atoms with van der Waals surface area (Å²) >= 11 is 0. The van der Waals surface area contributed by atoms with Crippen LogP contribution in [0.25, 0.3) is 0 Å². The van der Waals surface area contributed by atoms with E-state index in [0.717, 1.165) is 24.1 Å². The molecule has 2 aromatic rings. The molecule has 2 aromatic carbocycles. The van der Waals surface area contributed by atoms with Crippen molar-refractivity contribution >= 4 is 37.4 Å². The second kappa shape index (κ2) is 11.3. The molecule has 4 atom stereocenters. The fourth-order valence-corrected chi connectivity index (χ4v) is 9.69. The number of piperidine rings is 1. The molecule has 3 aliphatic heterocycles. The molecule has 0 unspecified atom stereocenters. The number of fused-ring (bicyclic) bond motifs is 2. The topological polar surface area (TPSA) is 111 Å². The van der Waals surface area contributed by atoms with E-state index in [9.17, 15) is 24.3 Å². The van der Waals surface area contributed by atoms with Crippen molar-refractivity contribution in [2.24, 2.45) is 5.92 Å². The first-order valence-corrected chi connectivity index (χ1v) is 17.6. The molecular weight excluding hydrogens is 538 g/mol. The van der Waals surface area contributed by atoms with Gasteiger partial charge in [-0.05, 0) is 49.7 Å². The highest BCUT2D eigenvalue weighted by Crippen LogP contribution is 2.59. The highest BCUT2D eigenvalue weighted by molar-refractivity contribution is 6.71. The van der Waals surface area contributed by atoms with Crippen LogP contribution in [-0.2, 0) is 31.3 Å². The van der Waals surface area contributed by atoms with Gasteiger partial charge in [0.2, 0.25) is 11.8 Å². The van der Waals surface area contributed by atoms with Gasteiger partial charge in [0.25, 0.3) is 5.91 Å². The highest BCUT2D eigenvalue weighted by atomic mass is 28.4. The van der Waals surface area contributed by atoms with E-state index in [-0.39, 0.29) is 37.3 Å². The number of rotatable bonds is 8. The Hall–Kier alpha value is -3.05. The number of amides is 3. The lowest BCUT2D eigenvalue weighted by Gasteiger charge is -2.33. The number of aliphatic hydroxyl groups excluding tert-OH is 1. The Kier molecular flexibility index (Phi) is 8.13. The first kappa shape index (κ1) is 29.4. The lowest BCUT2D eigenvalue weighted by Crippen LogP contribution is -2.45. The van der Waals surface area contributed by atoms with Crippen molar-refractivity contribution in [1.29, 1.82) is 0 Å². The first-order chi connectivity index (χ1) is 19.5. The Morgan fingerprint density at radius 2 is 1.88 bits per heavy atom. The number of aliphatic hydroxyl groups is 1. The minimum atomic E-state index is -2.95. The molecule has 9 nitrogen and oxygen atoms in total. The van der Waals surface area contributed by atoms with E-state index in [1.807, 2.05) is 68.5 Å². The van der Waals surface area contributed by atoms with Gasteiger partial charge in [0.15, 0.2) is 13.9 Å². The van der Waals surface area contributed by atoms with Gasteiger partial charge in [0.05, 0.1) is 24.8 Å². The average Bonchev–Trinajstić information content (AvgIpc) is 3.35. The standard InChI is InChI=1S/C31H41N3O6Si/c1-21-29(41(3,4)39)26(19-28(37)33(16-17-35)20-22-10-6-5-7-11-22)40-31(21)24-18-23(34-15-9-8-12-27(34)36)13-14-25(24)32(2)30(31)38/h5-7,10-11,13-14,18,21,26,29,35,39H,8-9,12,15-17,19-20H2,1-4H3/t21-,26+,29-,31+/m1/s1. The number of anilines is 2. The molecule has 41 heavy (non-hydrogen) atoms. The normalized spacial score (nSPS) is 26.1. The molecule has 3 heterocycles. The molecule has 2 fully saturated rings. The molecule has 0 radical (unpaired) electrons. The number of ether oxygens (including phenoxy) is 1. The number of nitrogens with zero attached hydrogens (tertiary/aromatic N) is 3. The van der Waals surface area contributed by atoms with E-state index in [1.54, 1.807) is 21.7 Å². The summed E-state index contributed by atoms with van der Waals surface area (Å²) in [5.74, 6) is -0.768. The van der Waals surface area contributed by atoms with Crippen molar-refractivity contribution in [3.8, 4) is 0 Å². The number of hydrogen-bond donors (Lipinski definition) is 2. The molecule has 1 spiro atoms. The Balaban J connectivity index is 1.50. The van der Waals surface area contributed by atoms with Crippen LogP contribution in [0.1, 0.15) is 43.7 Å². The monoisotopic (exact) mass is 579 g/mol. The van der Waals surface area contributed by atoms with E-state index in [4.69, 9.17) is 4.74 Å². The Morgan fingerprint density at radius 3 is 2.54 bits per heavy atom. The zero-order valence-corrected chi connectivity index (χ0v) is 25.4. The van der Waals surface area contributed by atoms with Crippen molar-refractivity contribution in [3.05, 3.63) is 59.7 Å². The fraction of sp³-hybridized carbons (Fsp3) is 0.516. The molecule has 3 aliphatic rings. The van der Waals surface area contributed by atoms with E-state index >= 15 is 0 Å². The molecular formula is C31H41N3O6Si. The summed E-state index contributed by atoms with van der Waals surface area (Å²) in [5.41, 5.74) is 1.31. The molecule has 5 rings (SSSR count). The van der Waals surface area contributed by atoms with Gasteiger partial charge in [-0.25, -0.2) is 0 Å². The van der Waals surface area contributed by atoms with Gasteiger partial charge in [0, 0.05) is 55.8 Å². The number of benzene rings is 2. The van der Waals surface area contributed by atoms with Crippen molar-refractivity contribution in [2.45, 2.75) is 69.5 Å². The van der Waals surface area contributed by atoms with E-state index in [1.165, 1.54) is 0 Å². The van der Waals surface area contributed by atoms with Crippen molar-refractivity contribution in [2.75, 3.05) is 36.5 Å². The lowest BCUT2D eigenvalue weighted by molar-refractivity contribution is -0.149. The van der Waals surface area contributed by atoms with Gasteiger partial charge < -0.3 is 29.3 Å². The Labute approximate surface area is 242 Å². The third-order valence-electron chi connectivity index (χ3n) is 9.05. The molecule has 2 saturated heterocycles. The van der Waals surface area contributed by atoms with Gasteiger partial charge in [-0.1, -0.05) is 37.3 Å². The summed E-state index contributed by atoms with van der Waals surface area (Å²) in [4.78, 5) is 57.0. The second-order valence-corrected chi connectivity index (χ2v) is 16.1. The van der Waals surface area contributed by atoms with Gasteiger partial charge in [-0.2, -0.15) is 0 Å². The third-order valence-corrected chi connectivity index (χ3v) is 11.6. The lowest BCUT2D eigenvalue weighted by atomic mass is 9.82. The molecule has 0 aliphatic carbocycles. The van der Waals surface area contributed by atoms with E-state index in [0.29, 0.717) is 30.8 Å². The van der Waals surface area contributed by atoms with E-state index in [2.05, 4.69) is 0 Å². The largest absolute Gasteiger partial charge is 0.432 e. The zero-order valence-electron chi connectivity index (χ0n) is 24.4. The van der Waals surface area contributed by atoms with Crippen LogP contribution in [0.4, 0.5) is 11.4 Å². The van der Waals surface area contributed by atoms with Crippen molar-refractivity contribution in [3.63, 3.8) is 0 Å². The second-order valence-electron chi connectivity index (χ2n) is 12.2. The van der Waals surface area contributed by atoms with Gasteiger partial charge in [0.1, 0.15) is 0 Å². The molecule has 0 aromatic heterocycles. The van der Waals surface area contributed by atoms with E-state index < -0.39 is 31.5 Å². The smallest absolute Gasteiger partial charge is 0.264 e. The molecule has 0 saturated carbocycles. The highest BCUT2D eigenvalue weighted by Gasteiger charge is 2.66. The number of carbonyl (C=O) groups excluding carboxylic acids is 3. The van der Waals surface area contributed by atoms with Gasteiger partial charge >= 0.3 is 0 Å². The summed E-state index contributed by atoms with van der Waals surface area (Å²) in [6.07, 6.45) is 1.58. The minimum Gasteiger partial charge on any atom is -0.432 e. The number of hydrogen-bond acceptors (Lipinski definition) is 6. The molecule has 220 valence electrons. The maximum absolute atomic E-state index is 14.1. The van der Waals surface area contributed by atoms with Crippen molar-refractivity contribution < 1.29 is 29.0 Å². The average molecular weight is 580 g/mol. The quantitative estimate of drug-likeness (QED) is 0.464. The summed E-state index contributed by atoms with van der Waals surface area (Å²) in [6.45, 7) is 6.56. The Morgan fingerprint density at radius 1 is 1.15 bits per heavy atom. The predicted molar refractivity (Wildman–Crippen MR) is 159 cm³/mol. The zero-order chi connectivity index (χ0) is 29.5. The van der Waals surface area contributed by atoms with Crippen LogP contribution in [0.2, 0.25) is 18.6 Å². The maximum atomic E-state index is 14.1. The summed E-state index contributed by atoms with van der Waals surface area (Å²) in [6, 6.07) is 15.2. The molecule has 3 amide bonds. The Bertz CT molecular complexity index is 1310. The van der Waals surface area contributed by atoms with Crippen LogP contribution in [-0.4, -0.2) is 73.7 Å². The number of likely N-dealkylation sites (N-methyl/N-ethyl adjacent to an activating group) is 1. The first-order valence-electron chi connectivity index (χ1n) is 14.5. The van der Waals surface area contributed by atoms with Crippen LogP contribution in [0, 0.1) is 5.92 Å². The van der Waals surface area contributed by atoms with Crippen molar-refractivity contribution in [1.82, 2.24) is 4.90 Å². The molecule has 2 N–H and O–H groups in total. The van der Waals surface area contributed by atoms with Crippen LogP contribution in [0.3, 0.4) is 0 Å². The summed E-state index contributed by atoms with van der Waals surface area (Å²) in [5, 5.41) is 9.70. The van der Waals surface area contributed by atoms with Crippen LogP contribution in [0.5, 0.6) is 0 Å². The van der Waals surface area contributed by atoms with Crippen LogP contribution >= 0.6 is 0 Å². The molecule has 0 bridgehead atoms. The molecule has 10 heteroatoms. The van der Waals surface area contributed by atoms with Gasteiger partial charge in [-0.3, -0.25) is 14.4 Å². The van der Waals surface area contributed by atoms with Crippen LogP contribution in [0.15, 0.2) is 48.5 Å². The van der Waals surface area contributed by atoms with Crippen LogP contribution < -0.4 is 9.80 Å². The summed E-state index contributed by atoms with van der Waals surface area (Å²) < 4.78 is 6.76. The number of carbonyl (C=O) groups is 3. The third kappa shape index (κ3) is 5.22. The van der Waals surface area contributed by atoms with Gasteiger partial charge in [-0.15, -0.1) is 0 Å². The predicted octanol–water partition coefficient (Wildman–Crippen LogP) is 3.39. The maximum Gasteiger partial charge on any atom is 0.264 e.